The van der Waals surface area contributed by atoms with Crippen LogP contribution in [-0.4, -0.2) is 12.0 Å². The minimum Gasteiger partial charge on any atom is -0.473 e. The van der Waals surface area contributed by atoms with E-state index in [4.69, 9.17) is 4.74 Å². The molecule has 0 amide bonds. The summed E-state index contributed by atoms with van der Waals surface area (Å²) in [4.78, 5) is 4.48. The van der Waals surface area contributed by atoms with Gasteiger partial charge in [0.2, 0.25) is 5.88 Å². The third kappa shape index (κ3) is 3.54. The van der Waals surface area contributed by atoms with Gasteiger partial charge in [0.15, 0.2) is 0 Å². The molecule has 0 saturated carbocycles. The lowest BCUT2D eigenvalue weighted by molar-refractivity contribution is 0.294. The molecule has 4 heteroatoms. The van der Waals surface area contributed by atoms with Crippen LogP contribution in [0.3, 0.4) is 0 Å². The van der Waals surface area contributed by atoms with Gasteiger partial charge in [-0.2, -0.15) is 0 Å². The van der Waals surface area contributed by atoms with Crippen LogP contribution < -0.4 is 10.1 Å². The van der Waals surface area contributed by atoms with Crippen LogP contribution in [0.1, 0.15) is 11.1 Å². The summed E-state index contributed by atoms with van der Waals surface area (Å²) in [5.41, 5.74) is 4.70. The Morgan fingerprint density at radius 2 is 1.83 bits per heavy atom. The predicted molar refractivity (Wildman–Crippen MR) is 94.7 cm³/mol. The topological polar surface area (TPSA) is 34.1 Å². The third-order valence-electron chi connectivity index (χ3n) is 3.89. The Bertz CT molecular complexity index is 849. The van der Waals surface area contributed by atoms with Crippen LogP contribution in [0, 0.1) is 12.7 Å². The Labute approximate surface area is 141 Å². The molecule has 122 valence electrons. The van der Waals surface area contributed by atoms with Crippen LogP contribution >= 0.6 is 0 Å². The molecule has 24 heavy (non-hydrogen) atoms. The largest absolute Gasteiger partial charge is 0.473 e. The number of hydrogen-bond acceptors (Lipinski definition) is 3. The number of nitrogens with zero attached hydrogens (tertiary/aromatic N) is 1. The average Bonchev–Trinajstić information content (AvgIpc) is 2.60. The first kappa shape index (κ1) is 16.0. The Morgan fingerprint density at radius 3 is 2.62 bits per heavy atom. The van der Waals surface area contributed by atoms with E-state index in [0.717, 1.165) is 22.4 Å². The predicted octanol–water partition coefficient (Wildman–Crippen LogP) is 4.82. The number of nitrogens with one attached hydrogen (secondary N) is 1. The number of rotatable bonds is 5. The lowest BCUT2D eigenvalue weighted by Gasteiger charge is -2.13. The van der Waals surface area contributed by atoms with Crippen molar-refractivity contribution in [2.45, 2.75) is 13.5 Å². The van der Waals surface area contributed by atoms with E-state index < -0.39 is 0 Å². The number of aromatic nitrogens is 1. The summed E-state index contributed by atoms with van der Waals surface area (Å²) in [5.74, 6) is 0.237. The first-order valence-electron chi connectivity index (χ1n) is 7.79. The Kier molecular flexibility index (Phi) is 4.75. The molecule has 2 aromatic carbocycles. The van der Waals surface area contributed by atoms with Gasteiger partial charge in [0.1, 0.15) is 12.4 Å². The fourth-order valence-corrected chi connectivity index (χ4v) is 2.58. The first-order valence-corrected chi connectivity index (χ1v) is 7.79. The molecule has 1 heterocycles. The molecule has 0 saturated heterocycles. The molecule has 0 aliphatic heterocycles. The van der Waals surface area contributed by atoms with Gasteiger partial charge in [0.25, 0.3) is 0 Å². The maximum Gasteiger partial charge on any atom is 0.214 e. The number of pyridine rings is 1. The van der Waals surface area contributed by atoms with E-state index in [1.54, 1.807) is 12.1 Å². The van der Waals surface area contributed by atoms with Crippen LogP contribution in [0.2, 0.25) is 0 Å². The molecule has 1 aromatic heterocycles. The fourth-order valence-electron chi connectivity index (χ4n) is 2.58. The lowest BCUT2D eigenvalue weighted by atomic mass is 10.1. The second-order valence-electron chi connectivity index (χ2n) is 5.51. The molecule has 3 aromatic rings. The quantitative estimate of drug-likeness (QED) is 0.731. The molecule has 3 rings (SSSR count). The normalized spacial score (nSPS) is 10.5. The zero-order valence-electron chi connectivity index (χ0n) is 13.7. The summed E-state index contributed by atoms with van der Waals surface area (Å²) in [7, 11) is 1.89. The summed E-state index contributed by atoms with van der Waals surface area (Å²) >= 11 is 0. The summed E-state index contributed by atoms with van der Waals surface area (Å²) in [6.45, 7) is 2.47. The molecular formula is C20H19FN2O. The summed E-state index contributed by atoms with van der Waals surface area (Å²) in [6.07, 6.45) is 0. The van der Waals surface area contributed by atoms with Gasteiger partial charge in [-0.15, -0.1) is 0 Å². The van der Waals surface area contributed by atoms with Crippen molar-refractivity contribution < 1.29 is 9.13 Å². The molecule has 0 atom stereocenters. The van der Waals surface area contributed by atoms with E-state index in [9.17, 15) is 4.39 Å². The second kappa shape index (κ2) is 7.13. The highest BCUT2D eigenvalue weighted by atomic mass is 19.1. The summed E-state index contributed by atoms with van der Waals surface area (Å²) in [6, 6.07) is 18.0. The van der Waals surface area contributed by atoms with Crippen LogP contribution in [-0.2, 0) is 6.61 Å². The van der Waals surface area contributed by atoms with Gasteiger partial charge in [-0.05, 0) is 36.8 Å². The van der Waals surface area contributed by atoms with E-state index in [1.165, 1.54) is 12.1 Å². The number of anilines is 1. The second-order valence-corrected chi connectivity index (χ2v) is 5.51. The highest BCUT2D eigenvalue weighted by Crippen LogP contribution is 2.23. The van der Waals surface area contributed by atoms with Gasteiger partial charge in [-0.25, -0.2) is 9.37 Å². The van der Waals surface area contributed by atoms with Gasteiger partial charge in [0.05, 0.1) is 5.69 Å². The minimum absolute atomic E-state index is 0.279. The molecule has 0 aliphatic rings. The number of ether oxygens (including phenoxy) is 1. The fraction of sp³-hybridized carbons (Fsp3) is 0.150. The minimum atomic E-state index is -0.279. The molecular weight excluding hydrogens is 303 g/mol. The molecule has 3 nitrogen and oxygen atoms in total. The summed E-state index contributed by atoms with van der Waals surface area (Å²) < 4.78 is 19.2. The van der Waals surface area contributed by atoms with Crippen LogP contribution in [0.5, 0.6) is 5.88 Å². The van der Waals surface area contributed by atoms with Gasteiger partial charge in [-0.3, -0.25) is 0 Å². The zero-order chi connectivity index (χ0) is 16.9. The lowest BCUT2D eigenvalue weighted by Crippen LogP contribution is -2.04. The highest BCUT2D eigenvalue weighted by molar-refractivity contribution is 5.59. The maximum atomic E-state index is 13.4. The number of aryl methyl sites for hydroxylation is 1. The maximum absolute atomic E-state index is 13.4. The van der Waals surface area contributed by atoms with Crippen molar-refractivity contribution in [3.63, 3.8) is 0 Å². The van der Waals surface area contributed by atoms with E-state index in [1.807, 2.05) is 37.4 Å². The SMILES string of the molecule is CNc1cccc(C)c1COc1cccc(-c2cccc(F)c2)n1. The zero-order valence-corrected chi connectivity index (χ0v) is 13.7. The molecule has 0 bridgehead atoms. The van der Waals surface area contributed by atoms with E-state index in [0.29, 0.717) is 18.2 Å². The molecule has 0 aliphatic carbocycles. The molecule has 0 unspecified atom stereocenters. The van der Waals surface area contributed by atoms with Crippen molar-refractivity contribution in [3.8, 4) is 17.1 Å². The molecule has 0 radical (unpaired) electrons. The van der Waals surface area contributed by atoms with Gasteiger partial charge in [0, 0.05) is 29.9 Å². The highest BCUT2D eigenvalue weighted by Gasteiger charge is 2.07. The van der Waals surface area contributed by atoms with Crippen molar-refractivity contribution in [2.75, 3.05) is 12.4 Å². The van der Waals surface area contributed by atoms with E-state index in [-0.39, 0.29) is 5.82 Å². The molecule has 0 spiro atoms. The van der Waals surface area contributed by atoms with Crippen molar-refractivity contribution in [3.05, 3.63) is 77.6 Å². The van der Waals surface area contributed by atoms with E-state index >= 15 is 0 Å². The summed E-state index contributed by atoms with van der Waals surface area (Å²) in [5, 5.41) is 3.17. The molecule has 0 fully saturated rings. The van der Waals surface area contributed by atoms with Crippen LogP contribution in [0.15, 0.2) is 60.7 Å². The Balaban J connectivity index is 1.81. The van der Waals surface area contributed by atoms with Crippen molar-refractivity contribution >= 4 is 5.69 Å². The van der Waals surface area contributed by atoms with E-state index in [2.05, 4.69) is 23.3 Å². The Hall–Kier alpha value is -2.88. The van der Waals surface area contributed by atoms with Gasteiger partial charge in [-0.1, -0.05) is 30.3 Å². The first-order chi connectivity index (χ1) is 11.7. The number of benzene rings is 2. The van der Waals surface area contributed by atoms with Crippen LogP contribution in [0.4, 0.5) is 10.1 Å². The number of hydrogen-bond donors (Lipinski definition) is 1. The average molecular weight is 322 g/mol. The Morgan fingerprint density at radius 1 is 1.04 bits per heavy atom. The monoisotopic (exact) mass is 322 g/mol. The van der Waals surface area contributed by atoms with Gasteiger partial charge >= 0.3 is 0 Å². The molecule has 1 N–H and O–H groups in total. The van der Waals surface area contributed by atoms with Crippen molar-refractivity contribution in [1.82, 2.24) is 4.98 Å². The smallest absolute Gasteiger partial charge is 0.214 e. The van der Waals surface area contributed by atoms with Crippen molar-refractivity contribution in [1.29, 1.82) is 0 Å². The van der Waals surface area contributed by atoms with Crippen molar-refractivity contribution in [2.24, 2.45) is 0 Å². The van der Waals surface area contributed by atoms with Gasteiger partial charge < -0.3 is 10.1 Å². The number of halogens is 1. The third-order valence-corrected chi connectivity index (χ3v) is 3.89. The van der Waals surface area contributed by atoms with Crippen LogP contribution in [0.25, 0.3) is 11.3 Å². The standard InChI is InChI=1S/C20H19FN2O/c1-14-6-3-10-19(22-2)17(14)13-24-20-11-5-9-18(23-20)15-7-4-8-16(21)12-15/h3-12,22H,13H2,1-2H3.